The van der Waals surface area contributed by atoms with Crippen LogP contribution in [0.2, 0.25) is 0 Å². The summed E-state index contributed by atoms with van der Waals surface area (Å²) in [4.78, 5) is 52.4. The highest BCUT2D eigenvalue weighted by molar-refractivity contribution is 5.89. The minimum Gasteiger partial charge on any atom is -0.461 e. The number of unbranched alkanes of at least 4 members (excludes halogenated alkanes) is 10. The van der Waals surface area contributed by atoms with Crippen molar-refractivity contribution >= 4 is 23.9 Å². The first-order chi connectivity index (χ1) is 20.6. The highest BCUT2D eigenvalue weighted by Crippen LogP contribution is 2.14. The molecule has 0 spiro atoms. The van der Waals surface area contributed by atoms with Crippen LogP contribution in [0, 0.1) is 0 Å². The monoisotopic (exact) mass is 603 g/mol. The minimum absolute atomic E-state index is 0.0979. The Kier molecular flexibility index (Phi) is 19.8. The number of hydrogen-bond acceptors (Lipinski definition) is 6. The molecule has 0 fully saturated rings. The molecule has 244 valence electrons. The molecule has 1 rings (SSSR count). The Morgan fingerprint density at radius 3 is 1.98 bits per heavy atom. The van der Waals surface area contributed by atoms with Crippen molar-refractivity contribution in [1.29, 1.82) is 0 Å². The molecule has 0 bridgehead atoms. The number of ether oxygens (including phenoxy) is 2. The van der Waals surface area contributed by atoms with Gasteiger partial charge in [0.25, 0.3) is 0 Å². The zero-order valence-electron chi connectivity index (χ0n) is 27.4. The molecule has 0 heterocycles. The van der Waals surface area contributed by atoms with Gasteiger partial charge in [-0.3, -0.25) is 14.4 Å². The Hall–Kier alpha value is -3.10. The summed E-state index contributed by atoms with van der Waals surface area (Å²) >= 11 is 0. The first-order valence-corrected chi connectivity index (χ1v) is 16.2. The van der Waals surface area contributed by atoms with E-state index in [0.29, 0.717) is 13.0 Å². The molecule has 0 aliphatic carbocycles. The molecule has 0 aliphatic heterocycles. The Bertz CT molecular complexity index is 932. The predicted octanol–water partition coefficient (Wildman–Crippen LogP) is 6.68. The summed E-state index contributed by atoms with van der Waals surface area (Å²) < 4.78 is 10.8. The van der Waals surface area contributed by atoms with Gasteiger partial charge in [-0.05, 0) is 45.6 Å². The van der Waals surface area contributed by atoms with Gasteiger partial charge in [-0.15, -0.1) is 0 Å². The van der Waals surface area contributed by atoms with Crippen LogP contribution in [-0.4, -0.2) is 60.6 Å². The van der Waals surface area contributed by atoms with E-state index in [9.17, 15) is 19.2 Å². The highest BCUT2D eigenvalue weighted by Gasteiger charge is 2.29. The standard InChI is InChI=1S/C34H57N3O6/c1-6-7-8-9-10-11-12-13-14-15-19-25-37(26-30(38)35-5)32(40)29(36-33(41)43-34(2,3)4)23-20-24-31(39)42-27-28-21-17-16-18-22-28/h16-18,21-22,29H,6-15,19-20,23-27H2,1-5H3,(H,35,38)(H,36,41)/t29-/m0/s1. The van der Waals surface area contributed by atoms with Crippen molar-refractivity contribution in [3.05, 3.63) is 35.9 Å². The number of nitrogens with zero attached hydrogens (tertiary/aromatic N) is 1. The third-order valence-electron chi connectivity index (χ3n) is 7.06. The molecule has 0 unspecified atom stereocenters. The van der Waals surface area contributed by atoms with Crippen LogP contribution in [-0.2, 0) is 30.5 Å². The molecule has 0 saturated heterocycles. The van der Waals surface area contributed by atoms with E-state index in [1.807, 2.05) is 30.3 Å². The Morgan fingerprint density at radius 2 is 1.42 bits per heavy atom. The third-order valence-corrected chi connectivity index (χ3v) is 7.06. The maximum Gasteiger partial charge on any atom is 0.408 e. The van der Waals surface area contributed by atoms with Crippen LogP contribution in [0.3, 0.4) is 0 Å². The van der Waals surface area contributed by atoms with Crippen molar-refractivity contribution in [1.82, 2.24) is 15.5 Å². The van der Waals surface area contributed by atoms with Gasteiger partial charge in [0.05, 0.1) is 6.54 Å². The molecule has 1 aromatic carbocycles. The number of likely N-dealkylation sites (N-methyl/N-ethyl adjacent to an activating group) is 1. The number of nitrogens with one attached hydrogen (secondary N) is 2. The normalized spacial score (nSPS) is 11.8. The second kappa shape index (κ2) is 22.4. The van der Waals surface area contributed by atoms with Crippen LogP contribution in [0.4, 0.5) is 4.79 Å². The average Bonchev–Trinajstić information content (AvgIpc) is 2.96. The van der Waals surface area contributed by atoms with Gasteiger partial charge in [-0.25, -0.2) is 4.79 Å². The fraction of sp³-hybridized carbons (Fsp3) is 0.706. The zero-order valence-corrected chi connectivity index (χ0v) is 27.4. The number of esters is 1. The topological polar surface area (TPSA) is 114 Å². The molecule has 1 aromatic rings. The van der Waals surface area contributed by atoms with Gasteiger partial charge in [0, 0.05) is 20.0 Å². The molecule has 3 amide bonds. The van der Waals surface area contributed by atoms with Crippen LogP contribution in [0.15, 0.2) is 30.3 Å². The molecule has 1 atom stereocenters. The lowest BCUT2D eigenvalue weighted by atomic mass is 10.1. The largest absolute Gasteiger partial charge is 0.461 e. The van der Waals surface area contributed by atoms with E-state index in [2.05, 4.69) is 17.6 Å². The molecule has 0 radical (unpaired) electrons. The van der Waals surface area contributed by atoms with Crippen molar-refractivity contribution in [2.75, 3.05) is 20.1 Å². The summed E-state index contributed by atoms with van der Waals surface area (Å²) in [6, 6.07) is 8.47. The van der Waals surface area contributed by atoms with Gasteiger partial charge in [0.1, 0.15) is 18.2 Å². The molecule has 0 saturated carbocycles. The number of benzene rings is 1. The van der Waals surface area contributed by atoms with Crippen molar-refractivity contribution in [2.24, 2.45) is 0 Å². The lowest BCUT2D eigenvalue weighted by Crippen LogP contribution is -2.52. The van der Waals surface area contributed by atoms with Gasteiger partial charge in [0.2, 0.25) is 11.8 Å². The Morgan fingerprint density at radius 1 is 0.837 bits per heavy atom. The van der Waals surface area contributed by atoms with Crippen molar-refractivity contribution in [2.45, 2.75) is 136 Å². The van der Waals surface area contributed by atoms with Crippen LogP contribution in [0.5, 0.6) is 0 Å². The third kappa shape index (κ3) is 19.7. The predicted molar refractivity (Wildman–Crippen MR) is 170 cm³/mol. The highest BCUT2D eigenvalue weighted by atomic mass is 16.6. The van der Waals surface area contributed by atoms with E-state index in [0.717, 1.165) is 24.8 Å². The lowest BCUT2D eigenvalue weighted by molar-refractivity contribution is -0.145. The quantitative estimate of drug-likeness (QED) is 0.113. The second-order valence-corrected chi connectivity index (χ2v) is 12.2. The maximum atomic E-state index is 13.7. The molecule has 43 heavy (non-hydrogen) atoms. The minimum atomic E-state index is -0.936. The number of rotatable bonds is 22. The summed E-state index contributed by atoms with van der Waals surface area (Å²) in [7, 11) is 1.53. The van der Waals surface area contributed by atoms with Gasteiger partial charge >= 0.3 is 12.1 Å². The van der Waals surface area contributed by atoms with Crippen LogP contribution in [0.25, 0.3) is 0 Å². The van der Waals surface area contributed by atoms with Crippen molar-refractivity contribution < 1.29 is 28.7 Å². The van der Waals surface area contributed by atoms with E-state index in [-0.39, 0.29) is 43.8 Å². The number of hydrogen-bond donors (Lipinski definition) is 2. The van der Waals surface area contributed by atoms with Crippen molar-refractivity contribution in [3.63, 3.8) is 0 Å². The molecule has 9 heteroatoms. The van der Waals surface area contributed by atoms with Gasteiger partial charge in [0.15, 0.2) is 0 Å². The molecular formula is C34H57N3O6. The number of carbonyl (C=O) groups is 4. The second-order valence-electron chi connectivity index (χ2n) is 12.2. The molecule has 2 N–H and O–H groups in total. The SMILES string of the molecule is CCCCCCCCCCCCCN(CC(=O)NC)C(=O)[C@H](CCCC(=O)OCc1ccccc1)NC(=O)OC(C)(C)C. The molecule has 0 aromatic heterocycles. The Balaban J connectivity index is 2.68. The maximum absolute atomic E-state index is 13.7. The average molecular weight is 604 g/mol. The van der Waals surface area contributed by atoms with Crippen molar-refractivity contribution in [3.8, 4) is 0 Å². The van der Waals surface area contributed by atoms with Gasteiger partial charge < -0.3 is 25.0 Å². The van der Waals surface area contributed by atoms with E-state index in [1.54, 1.807) is 20.8 Å². The molecule has 9 nitrogen and oxygen atoms in total. The first kappa shape index (κ1) is 37.9. The van der Waals surface area contributed by atoms with Gasteiger partial charge in [-0.1, -0.05) is 101 Å². The summed E-state index contributed by atoms with van der Waals surface area (Å²) in [5, 5.41) is 5.27. The summed E-state index contributed by atoms with van der Waals surface area (Å²) in [6.07, 6.45) is 12.9. The van der Waals surface area contributed by atoms with Crippen LogP contribution >= 0.6 is 0 Å². The molecule has 0 aliphatic rings. The fourth-order valence-electron chi connectivity index (χ4n) is 4.67. The lowest BCUT2D eigenvalue weighted by Gasteiger charge is -2.28. The van der Waals surface area contributed by atoms with E-state index in [1.165, 1.54) is 63.3 Å². The number of carbonyl (C=O) groups excluding carboxylic acids is 4. The number of amides is 3. The first-order valence-electron chi connectivity index (χ1n) is 16.2. The van der Waals surface area contributed by atoms with E-state index < -0.39 is 17.7 Å². The Labute approximate surface area is 259 Å². The smallest absolute Gasteiger partial charge is 0.408 e. The summed E-state index contributed by atoms with van der Waals surface area (Å²) in [5.41, 5.74) is 0.152. The van der Waals surface area contributed by atoms with E-state index in [4.69, 9.17) is 9.47 Å². The number of alkyl carbamates (subject to hydrolysis) is 1. The summed E-state index contributed by atoms with van der Waals surface area (Å²) in [5.74, 6) is -1.02. The van der Waals surface area contributed by atoms with E-state index >= 15 is 0 Å². The zero-order chi connectivity index (χ0) is 31.9. The molecular weight excluding hydrogens is 546 g/mol. The summed E-state index contributed by atoms with van der Waals surface area (Å²) in [6.45, 7) is 7.96. The van der Waals surface area contributed by atoms with Gasteiger partial charge in [-0.2, -0.15) is 0 Å². The van der Waals surface area contributed by atoms with Crippen LogP contribution in [0.1, 0.15) is 123 Å². The fourth-order valence-corrected chi connectivity index (χ4v) is 4.67. The van der Waals surface area contributed by atoms with Crippen LogP contribution < -0.4 is 10.6 Å².